The lowest BCUT2D eigenvalue weighted by molar-refractivity contribution is 0.309. The Bertz CT molecular complexity index is 506. The molecule has 1 N–H and O–H groups in total. The van der Waals surface area contributed by atoms with Gasteiger partial charge < -0.3 is 14.6 Å². The Morgan fingerprint density at radius 1 is 1.39 bits per heavy atom. The lowest BCUT2D eigenvalue weighted by Crippen LogP contribution is -2.41. The van der Waals surface area contributed by atoms with Crippen LogP contribution in [0.3, 0.4) is 0 Å². The van der Waals surface area contributed by atoms with Crippen molar-refractivity contribution in [1.82, 2.24) is 10.2 Å². The Labute approximate surface area is 156 Å². The minimum Gasteiger partial charge on any atom is -0.469 e. The average molecular weight is 429 g/mol. The Kier molecular flexibility index (Phi) is 6.99. The van der Waals surface area contributed by atoms with Crippen LogP contribution in [0.5, 0.6) is 0 Å². The van der Waals surface area contributed by atoms with Crippen LogP contribution in [0.1, 0.15) is 37.9 Å². The SMILES string of the molecule is C=CCNC(=NCCc1ccco1)N1CCC2(CCCC2)C1.I. The molecular formula is C18H28IN3O. The summed E-state index contributed by atoms with van der Waals surface area (Å²) < 4.78 is 5.38. The van der Waals surface area contributed by atoms with Crippen LogP contribution in [0.15, 0.2) is 40.5 Å². The van der Waals surface area contributed by atoms with Gasteiger partial charge in [-0.2, -0.15) is 0 Å². The zero-order valence-electron chi connectivity index (χ0n) is 13.8. The predicted molar refractivity (Wildman–Crippen MR) is 105 cm³/mol. The fourth-order valence-electron chi connectivity index (χ4n) is 3.81. The lowest BCUT2D eigenvalue weighted by atomic mass is 9.86. The maximum Gasteiger partial charge on any atom is 0.194 e. The molecule has 2 fully saturated rings. The number of halogens is 1. The summed E-state index contributed by atoms with van der Waals surface area (Å²) in [5.41, 5.74) is 0.567. The van der Waals surface area contributed by atoms with Gasteiger partial charge >= 0.3 is 0 Å². The van der Waals surface area contributed by atoms with Crippen molar-refractivity contribution in [3.63, 3.8) is 0 Å². The maximum absolute atomic E-state index is 5.38. The van der Waals surface area contributed by atoms with Gasteiger partial charge in [-0.1, -0.05) is 18.9 Å². The van der Waals surface area contributed by atoms with Crippen LogP contribution in [-0.2, 0) is 6.42 Å². The number of guanidine groups is 1. The number of hydrogen-bond donors (Lipinski definition) is 1. The molecule has 1 saturated carbocycles. The van der Waals surface area contributed by atoms with E-state index in [2.05, 4.69) is 16.8 Å². The number of hydrogen-bond acceptors (Lipinski definition) is 2. The molecule has 1 aliphatic heterocycles. The summed E-state index contributed by atoms with van der Waals surface area (Å²) in [6.45, 7) is 7.62. The second-order valence-corrected chi connectivity index (χ2v) is 6.58. The first kappa shape index (κ1) is 18.4. The van der Waals surface area contributed by atoms with Gasteiger partial charge in [-0.3, -0.25) is 4.99 Å². The zero-order valence-corrected chi connectivity index (χ0v) is 16.1. The molecule has 1 aromatic rings. The molecule has 0 unspecified atom stereocenters. The number of rotatable bonds is 5. The van der Waals surface area contributed by atoms with Crippen LogP contribution in [0.25, 0.3) is 0 Å². The number of furan rings is 1. The third kappa shape index (κ3) is 4.75. The minimum atomic E-state index is 0. The summed E-state index contributed by atoms with van der Waals surface area (Å²) in [4.78, 5) is 7.24. The number of nitrogens with zero attached hydrogens (tertiary/aromatic N) is 2. The van der Waals surface area contributed by atoms with E-state index in [1.54, 1.807) is 6.26 Å². The van der Waals surface area contributed by atoms with Crippen molar-refractivity contribution < 1.29 is 4.42 Å². The standard InChI is InChI=1S/C18H27N3O.HI/c1-2-11-19-17(20-12-7-16-6-5-14-22-16)21-13-10-18(15-21)8-3-4-9-18;/h2,5-6,14H,1,3-4,7-13,15H2,(H,19,20);1H. The molecule has 3 rings (SSSR count). The van der Waals surface area contributed by atoms with Gasteiger partial charge in [0.2, 0.25) is 0 Å². The Morgan fingerprint density at radius 2 is 2.22 bits per heavy atom. The van der Waals surface area contributed by atoms with Crippen LogP contribution in [0.4, 0.5) is 0 Å². The second kappa shape index (κ2) is 8.76. The molecule has 1 aliphatic carbocycles. The molecule has 5 heteroatoms. The van der Waals surface area contributed by atoms with E-state index in [-0.39, 0.29) is 24.0 Å². The predicted octanol–water partition coefficient (Wildman–Crippen LogP) is 3.84. The first-order valence-corrected chi connectivity index (χ1v) is 8.48. The molecule has 0 amide bonds. The van der Waals surface area contributed by atoms with Gasteiger partial charge in [0.25, 0.3) is 0 Å². The topological polar surface area (TPSA) is 40.8 Å². The second-order valence-electron chi connectivity index (χ2n) is 6.58. The van der Waals surface area contributed by atoms with E-state index in [9.17, 15) is 0 Å². The van der Waals surface area contributed by atoms with Gasteiger partial charge in [-0.05, 0) is 36.8 Å². The molecule has 0 aromatic carbocycles. The number of aliphatic imine (C=N–C) groups is 1. The molecule has 0 radical (unpaired) electrons. The highest BCUT2D eigenvalue weighted by molar-refractivity contribution is 14.0. The smallest absolute Gasteiger partial charge is 0.194 e. The van der Waals surface area contributed by atoms with Crippen molar-refractivity contribution in [3.05, 3.63) is 36.8 Å². The normalized spacial score (nSPS) is 19.8. The highest BCUT2D eigenvalue weighted by atomic mass is 127. The molecule has 0 atom stereocenters. The van der Waals surface area contributed by atoms with E-state index < -0.39 is 0 Å². The molecular weight excluding hydrogens is 401 g/mol. The van der Waals surface area contributed by atoms with E-state index >= 15 is 0 Å². The van der Waals surface area contributed by atoms with E-state index in [0.29, 0.717) is 5.41 Å². The lowest BCUT2D eigenvalue weighted by Gasteiger charge is -2.26. The van der Waals surface area contributed by atoms with Crippen LogP contribution in [0, 0.1) is 5.41 Å². The summed E-state index contributed by atoms with van der Waals surface area (Å²) >= 11 is 0. The van der Waals surface area contributed by atoms with Crippen LogP contribution in [0.2, 0.25) is 0 Å². The van der Waals surface area contributed by atoms with Crippen molar-refractivity contribution in [2.75, 3.05) is 26.2 Å². The molecule has 23 heavy (non-hydrogen) atoms. The summed E-state index contributed by atoms with van der Waals surface area (Å²) in [5, 5.41) is 3.43. The third-order valence-electron chi connectivity index (χ3n) is 5.01. The van der Waals surface area contributed by atoms with E-state index in [1.165, 1.54) is 32.1 Å². The molecule has 0 bridgehead atoms. The number of likely N-dealkylation sites (tertiary alicyclic amines) is 1. The van der Waals surface area contributed by atoms with Crippen LogP contribution in [-0.4, -0.2) is 37.0 Å². The van der Waals surface area contributed by atoms with E-state index in [4.69, 9.17) is 9.41 Å². The fourth-order valence-corrected chi connectivity index (χ4v) is 3.81. The van der Waals surface area contributed by atoms with Gasteiger partial charge in [0.15, 0.2) is 5.96 Å². The maximum atomic E-state index is 5.38. The van der Waals surface area contributed by atoms with Gasteiger partial charge in [-0.15, -0.1) is 30.6 Å². The first-order chi connectivity index (χ1) is 10.8. The zero-order chi connectivity index (χ0) is 15.3. The Morgan fingerprint density at radius 3 is 2.91 bits per heavy atom. The first-order valence-electron chi connectivity index (χ1n) is 8.48. The molecule has 1 saturated heterocycles. The summed E-state index contributed by atoms with van der Waals surface area (Å²) in [7, 11) is 0. The molecule has 128 valence electrons. The quantitative estimate of drug-likeness (QED) is 0.335. The monoisotopic (exact) mass is 429 g/mol. The molecule has 1 aromatic heterocycles. The van der Waals surface area contributed by atoms with Gasteiger partial charge in [0, 0.05) is 32.6 Å². The number of nitrogens with one attached hydrogen (secondary N) is 1. The van der Waals surface area contributed by atoms with Gasteiger partial charge in [0.05, 0.1) is 6.26 Å². The molecule has 4 nitrogen and oxygen atoms in total. The Hall–Kier alpha value is -0.980. The Balaban J connectivity index is 0.00000192. The average Bonchev–Trinajstić information content (AvgIpc) is 3.26. The highest BCUT2D eigenvalue weighted by Gasteiger charge is 2.41. The molecule has 1 spiro atoms. The van der Waals surface area contributed by atoms with Crippen molar-refractivity contribution in [1.29, 1.82) is 0 Å². The van der Waals surface area contributed by atoms with Gasteiger partial charge in [-0.25, -0.2) is 0 Å². The van der Waals surface area contributed by atoms with Crippen molar-refractivity contribution >= 4 is 29.9 Å². The minimum absolute atomic E-state index is 0. The van der Waals surface area contributed by atoms with Crippen molar-refractivity contribution in [2.45, 2.75) is 38.5 Å². The van der Waals surface area contributed by atoms with Crippen molar-refractivity contribution in [3.8, 4) is 0 Å². The molecule has 2 aliphatic rings. The van der Waals surface area contributed by atoms with Crippen LogP contribution >= 0.6 is 24.0 Å². The van der Waals surface area contributed by atoms with E-state index in [0.717, 1.165) is 44.3 Å². The summed E-state index contributed by atoms with van der Waals surface area (Å²) in [5.74, 6) is 2.04. The largest absolute Gasteiger partial charge is 0.469 e. The summed E-state index contributed by atoms with van der Waals surface area (Å²) in [6, 6.07) is 3.94. The van der Waals surface area contributed by atoms with Gasteiger partial charge in [0.1, 0.15) is 5.76 Å². The van der Waals surface area contributed by atoms with E-state index in [1.807, 2.05) is 18.2 Å². The highest BCUT2D eigenvalue weighted by Crippen LogP contribution is 2.45. The third-order valence-corrected chi connectivity index (χ3v) is 5.01. The fraction of sp³-hybridized carbons (Fsp3) is 0.611. The summed E-state index contributed by atoms with van der Waals surface area (Å²) in [6.07, 6.45) is 11.4. The molecule has 2 heterocycles. The van der Waals surface area contributed by atoms with Crippen molar-refractivity contribution in [2.24, 2.45) is 10.4 Å². The van der Waals surface area contributed by atoms with Crippen LogP contribution < -0.4 is 5.32 Å².